The van der Waals surface area contributed by atoms with E-state index in [-0.39, 0.29) is 12.1 Å². The molecule has 0 spiro atoms. The third-order valence-corrected chi connectivity index (χ3v) is 2.96. The van der Waals surface area contributed by atoms with Crippen molar-refractivity contribution in [1.82, 2.24) is 0 Å². The Bertz CT molecular complexity index is 389. The molecule has 0 aromatic heterocycles. The average molecular weight is 189 g/mol. The summed E-state index contributed by atoms with van der Waals surface area (Å²) < 4.78 is 5.04. The second-order valence-electron chi connectivity index (χ2n) is 3.77. The summed E-state index contributed by atoms with van der Waals surface area (Å²) in [5, 5.41) is 0. The minimum Gasteiger partial charge on any atom is -0.447 e. The highest BCUT2D eigenvalue weighted by atomic mass is 16.6. The number of benzene rings is 1. The summed E-state index contributed by atoms with van der Waals surface area (Å²) in [4.78, 5) is 13.3. The second kappa shape index (κ2) is 2.74. The van der Waals surface area contributed by atoms with E-state index in [1.807, 2.05) is 18.2 Å². The van der Waals surface area contributed by atoms with Crippen molar-refractivity contribution in [3.05, 3.63) is 29.8 Å². The van der Waals surface area contributed by atoms with Gasteiger partial charge in [-0.3, -0.25) is 4.90 Å². The van der Waals surface area contributed by atoms with Gasteiger partial charge in [-0.2, -0.15) is 0 Å². The molecule has 1 aromatic carbocycles. The fourth-order valence-corrected chi connectivity index (χ4v) is 2.25. The topological polar surface area (TPSA) is 29.5 Å². The monoisotopic (exact) mass is 189 g/mol. The minimum absolute atomic E-state index is 0.192. The number of para-hydroxylation sites is 1. The van der Waals surface area contributed by atoms with Crippen LogP contribution in [0, 0.1) is 0 Å². The van der Waals surface area contributed by atoms with E-state index in [9.17, 15) is 4.79 Å². The predicted octanol–water partition coefficient (Wildman–Crippen LogP) is 1.96. The van der Waals surface area contributed by atoms with Crippen molar-refractivity contribution in [2.75, 3.05) is 11.5 Å². The third-order valence-electron chi connectivity index (χ3n) is 2.96. The number of amides is 1. The molecule has 0 radical (unpaired) electrons. The Morgan fingerprint density at radius 1 is 1.36 bits per heavy atom. The van der Waals surface area contributed by atoms with Crippen LogP contribution in [0.2, 0.25) is 0 Å². The van der Waals surface area contributed by atoms with Gasteiger partial charge in [-0.25, -0.2) is 4.79 Å². The fraction of sp³-hybridized carbons (Fsp3) is 0.364. The van der Waals surface area contributed by atoms with Gasteiger partial charge < -0.3 is 4.74 Å². The van der Waals surface area contributed by atoms with E-state index < -0.39 is 0 Å². The Labute approximate surface area is 82.3 Å². The maximum absolute atomic E-state index is 11.5. The number of cyclic esters (lactones) is 1. The van der Waals surface area contributed by atoms with Gasteiger partial charge in [0.15, 0.2) is 0 Å². The van der Waals surface area contributed by atoms with Gasteiger partial charge in [0.25, 0.3) is 0 Å². The third kappa shape index (κ3) is 0.953. The van der Waals surface area contributed by atoms with Crippen LogP contribution in [0.5, 0.6) is 0 Å². The van der Waals surface area contributed by atoms with Crippen molar-refractivity contribution in [2.24, 2.45) is 0 Å². The second-order valence-corrected chi connectivity index (χ2v) is 3.77. The van der Waals surface area contributed by atoms with Gasteiger partial charge in [-0.15, -0.1) is 0 Å². The van der Waals surface area contributed by atoms with Crippen LogP contribution in [0.3, 0.4) is 0 Å². The lowest BCUT2D eigenvalue weighted by Gasteiger charge is -2.28. The molecule has 2 aliphatic rings. The average Bonchev–Trinajstić information content (AvgIpc) is 2.61. The molecule has 0 saturated carbocycles. The molecular formula is C11H11NO2. The van der Waals surface area contributed by atoms with Gasteiger partial charge >= 0.3 is 6.09 Å². The molecule has 0 unspecified atom stereocenters. The molecule has 3 nitrogen and oxygen atoms in total. The molecule has 1 fully saturated rings. The summed E-state index contributed by atoms with van der Waals surface area (Å²) in [6.45, 7) is 0.549. The number of carbonyl (C=O) groups is 1. The predicted molar refractivity (Wildman–Crippen MR) is 52.4 cm³/mol. The van der Waals surface area contributed by atoms with Gasteiger partial charge in [-0.1, -0.05) is 18.2 Å². The van der Waals surface area contributed by atoms with E-state index in [0.29, 0.717) is 6.61 Å². The Morgan fingerprint density at radius 2 is 2.21 bits per heavy atom. The number of fused-ring (bicyclic) bond motifs is 3. The number of aryl methyl sites for hydroxylation is 1. The van der Waals surface area contributed by atoms with Crippen LogP contribution in [0.1, 0.15) is 12.0 Å². The Morgan fingerprint density at radius 3 is 3.14 bits per heavy atom. The zero-order chi connectivity index (χ0) is 9.54. The first-order valence-electron chi connectivity index (χ1n) is 4.90. The summed E-state index contributed by atoms with van der Waals surface area (Å²) in [5.41, 5.74) is 2.29. The van der Waals surface area contributed by atoms with Crippen molar-refractivity contribution in [3.63, 3.8) is 0 Å². The lowest BCUT2D eigenvalue weighted by atomic mass is 9.97. The first-order chi connectivity index (χ1) is 6.86. The van der Waals surface area contributed by atoms with E-state index in [0.717, 1.165) is 18.5 Å². The number of anilines is 1. The smallest absolute Gasteiger partial charge is 0.414 e. The normalized spacial score (nSPS) is 24.1. The molecule has 0 bridgehead atoms. The van der Waals surface area contributed by atoms with Crippen LogP contribution in [0.15, 0.2) is 24.3 Å². The largest absolute Gasteiger partial charge is 0.447 e. The maximum atomic E-state index is 11.5. The number of carbonyl (C=O) groups excluding carboxylic acids is 1. The SMILES string of the molecule is O=C1OC[C@H]2CCc3ccccc3N12. The summed E-state index contributed by atoms with van der Waals surface area (Å²) in [7, 11) is 0. The van der Waals surface area contributed by atoms with Gasteiger partial charge in [0.1, 0.15) is 6.61 Å². The Kier molecular flexibility index (Phi) is 1.54. The summed E-state index contributed by atoms with van der Waals surface area (Å²) in [6.07, 6.45) is 1.87. The van der Waals surface area contributed by atoms with E-state index in [4.69, 9.17) is 4.74 Å². The number of hydrogen-bond acceptors (Lipinski definition) is 2. The van der Waals surface area contributed by atoms with Crippen molar-refractivity contribution in [1.29, 1.82) is 0 Å². The highest BCUT2D eigenvalue weighted by Gasteiger charge is 2.37. The molecule has 0 N–H and O–H groups in total. The first kappa shape index (κ1) is 7.85. The highest BCUT2D eigenvalue weighted by Crippen LogP contribution is 2.33. The quantitative estimate of drug-likeness (QED) is 0.624. The number of ether oxygens (including phenoxy) is 1. The summed E-state index contributed by atoms with van der Waals surface area (Å²) in [5.74, 6) is 0. The molecule has 2 heterocycles. The highest BCUT2D eigenvalue weighted by molar-refractivity contribution is 5.91. The van der Waals surface area contributed by atoms with Gasteiger partial charge in [0, 0.05) is 0 Å². The van der Waals surface area contributed by atoms with Crippen LogP contribution in [-0.4, -0.2) is 18.7 Å². The molecule has 3 heteroatoms. The number of hydrogen-bond donors (Lipinski definition) is 0. The maximum Gasteiger partial charge on any atom is 0.414 e. The Hall–Kier alpha value is -1.51. The first-order valence-corrected chi connectivity index (χ1v) is 4.90. The van der Waals surface area contributed by atoms with Crippen molar-refractivity contribution in [3.8, 4) is 0 Å². The zero-order valence-corrected chi connectivity index (χ0v) is 7.77. The van der Waals surface area contributed by atoms with Gasteiger partial charge in [0.05, 0.1) is 11.7 Å². The summed E-state index contributed by atoms with van der Waals surface area (Å²) in [6, 6.07) is 8.32. The molecule has 1 atom stereocenters. The number of rotatable bonds is 0. The van der Waals surface area contributed by atoms with Crippen molar-refractivity contribution >= 4 is 11.8 Å². The van der Waals surface area contributed by atoms with E-state index >= 15 is 0 Å². The molecule has 2 aliphatic heterocycles. The standard InChI is InChI=1S/C11H11NO2/c13-11-12-9(7-14-11)6-5-8-3-1-2-4-10(8)12/h1-4,9H,5-7H2/t9-/m1/s1. The lowest BCUT2D eigenvalue weighted by molar-refractivity contribution is 0.178. The number of nitrogens with zero attached hydrogens (tertiary/aromatic N) is 1. The van der Waals surface area contributed by atoms with Gasteiger partial charge in [0.2, 0.25) is 0 Å². The molecule has 1 aromatic rings. The molecule has 1 amide bonds. The molecule has 3 rings (SSSR count). The van der Waals surface area contributed by atoms with Crippen LogP contribution in [0.4, 0.5) is 10.5 Å². The lowest BCUT2D eigenvalue weighted by Crippen LogP contribution is -2.37. The van der Waals surface area contributed by atoms with Crippen LogP contribution in [0.25, 0.3) is 0 Å². The molecule has 0 aliphatic carbocycles. The molecule has 14 heavy (non-hydrogen) atoms. The van der Waals surface area contributed by atoms with Crippen molar-refractivity contribution in [2.45, 2.75) is 18.9 Å². The van der Waals surface area contributed by atoms with Crippen molar-refractivity contribution < 1.29 is 9.53 Å². The van der Waals surface area contributed by atoms with Crippen LogP contribution >= 0.6 is 0 Å². The van der Waals surface area contributed by atoms with E-state index in [2.05, 4.69) is 6.07 Å². The van der Waals surface area contributed by atoms with E-state index in [1.54, 1.807) is 4.90 Å². The van der Waals surface area contributed by atoms with Crippen LogP contribution in [-0.2, 0) is 11.2 Å². The molecular weight excluding hydrogens is 178 g/mol. The summed E-state index contributed by atoms with van der Waals surface area (Å²) >= 11 is 0. The van der Waals surface area contributed by atoms with E-state index in [1.165, 1.54) is 5.56 Å². The zero-order valence-electron chi connectivity index (χ0n) is 7.77. The molecule has 72 valence electrons. The minimum atomic E-state index is -0.192. The fourth-order valence-electron chi connectivity index (χ4n) is 2.25. The van der Waals surface area contributed by atoms with Crippen LogP contribution < -0.4 is 4.90 Å². The van der Waals surface area contributed by atoms with Gasteiger partial charge in [-0.05, 0) is 24.5 Å². The Balaban J connectivity index is 2.11. The molecule has 1 saturated heterocycles.